The molecule has 0 aromatic heterocycles. The van der Waals surface area contributed by atoms with Gasteiger partial charge in [-0.3, -0.25) is 0 Å². The average Bonchev–Trinajstić information content (AvgIpc) is 2.30. The van der Waals surface area contributed by atoms with E-state index in [9.17, 15) is 0 Å². The zero-order valence-electron chi connectivity index (χ0n) is 11.8. The summed E-state index contributed by atoms with van der Waals surface area (Å²) in [7, 11) is 0. The standard InChI is InChI=1S/C15H33N/c1-4-7-10-14(9-6-3)12-13-15(16)11-8-5-2/h14-15H,4-13,16H2,1-3H3. The van der Waals surface area contributed by atoms with Crippen molar-refractivity contribution in [3.8, 4) is 0 Å². The van der Waals surface area contributed by atoms with Gasteiger partial charge in [0.15, 0.2) is 0 Å². The van der Waals surface area contributed by atoms with Crippen molar-refractivity contribution < 1.29 is 0 Å². The fraction of sp³-hybridized carbons (Fsp3) is 1.00. The number of unbranched alkanes of at least 4 members (excludes halogenated alkanes) is 2. The van der Waals surface area contributed by atoms with E-state index in [0.29, 0.717) is 6.04 Å². The second kappa shape index (κ2) is 11.4. The van der Waals surface area contributed by atoms with Gasteiger partial charge in [0.2, 0.25) is 0 Å². The SMILES string of the molecule is CCCCC(N)CCC(CCC)CCCC. The van der Waals surface area contributed by atoms with E-state index >= 15 is 0 Å². The van der Waals surface area contributed by atoms with Gasteiger partial charge in [-0.1, -0.05) is 65.7 Å². The van der Waals surface area contributed by atoms with E-state index in [-0.39, 0.29) is 0 Å². The highest BCUT2D eigenvalue weighted by Crippen LogP contribution is 2.21. The maximum absolute atomic E-state index is 6.13. The average molecular weight is 227 g/mol. The van der Waals surface area contributed by atoms with Crippen LogP contribution in [0.4, 0.5) is 0 Å². The van der Waals surface area contributed by atoms with Gasteiger partial charge in [0.1, 0.15) is 0 Å². The van der Waals surface area contributed by atoms with Gasteiger partial charge in [-0.15, -0.1) is 0 Å². The molecule has 0 aliphatic heterocycles. The highest BCUT2D eigenvalue weighted by Gasteiger charge is 2.10. The predicted octanol–water partition coefficient (Wildman–Crippen LogP) is 4.89. The summed E-state index contributed by atoms with van der Waals surface area (Å²) in [5.41, 5.74) is 6.13. The van der Waals surface area contributed by atoms with Crippen molar-refractivity contribution >= 4 is 0 Å². The van der Waals surface area contributed by atoms with E-state index in [2.05, 4.69) is 20.8 Å². The van der Waals surface area contributed by atoms with Gasteiger partial charge >= 0.3 is 0 Å². The summed E-state index contributed by atoms with van der Waals surface area (Å²) in [6, 6.07) is 0.459. The summed E-state index contributed by atoms with van der Waals surface area (Å²) in [6.45, 7) is 6.83. The molecule has 0 saturated carbocycles. The molecule has 0 heterocycles. The molecule has 0 radical (unpaired) electrons. The summed E-state index contributed by atoms with van der Waals surface area (Å²) in [5, 5.41) is 0. The molecule has 0 bridgehead atoms. The predicted molar refractivity (Wildman–Crippen MR) is 74.7 cm³/mol. The Morgan fingerprint density at radius 2 is 1.31 bits per heavy atom. The fourth-order valence-corrected chi connectivity index (χ4v) is 2.39. The van der Waals surface area contributed by atoms with E-state index in [1.54, 1.807) is 0 Å². The van der Waals surface area contributed by atoms with Crippen molar-refractivity contribution in [2.45, 2.75) is 91.0 Å². The van der Waals surface area contributed by atoms with Gasteiger partial charge in [0, 0.05) is 6.04 Å². The largest absolute Gasteiger partial charge is 0.328 e. The molecule has 2 unspecified atom stereocenters. The molecule has 0 aliphatic rings. The highest BCUT2D eigenvalue weighted by molar-refractivity contribution is 4.66. The molecule has 0 amide bonds. The monoisotopic (exact) mass is 227 g/mol. The van der Waals surface area contributed by atoms with E-state index in [4.69, 9.17) is 5.73 Å². The van der Waals surface area contributed by atoms with Crippen LogP contribution in [0.15, 0.2) is 0 Å². The smallest absolute Gasteiger partial charge is 0.00389 e. The van der Waals surface area contributed by atoms with Crippen molar-refractivity contribution in [1.29, 1.82) is 0 Å². The highest BCUT2D eigenvalue weighted by atomic mass is 14.6. The topological polar surface area (TPSA) is 26.0 Å². The van der Waals surface area contributed by atoms with E-state index < -0.39 is 0 Å². The molecule has 2 N–H and O–H groups in total. The molecule has 0 aliphatic carbocycles. The maximum Gasteiger partial charge on any atom is 0.00389 e. The van der Waals surface area contributed by atoms with Gasteiger partial charge in [0.25, 0.3) is 0 Å². The molecule has 0 rings (SSSR count). The molecular weight excluding hydrogens is 194 g/mol. The minimum Gasteiger partial charge on any atom is -0.328 e. The Hall–Kier alpha value is -0.0400. The third-order valence-electron chi connectivity index (χ3n) is 3.54. The van der Waals surface area contributed by atoms with Crippen molar-refractivity contribution in [3.63, 3.8) is 0 Å². The minimum absolute atomic E-state index is 0.459. The first-order chi connectivity index (χ1) is 7.74. The molecule has 1 heteroatoms. The summed E-state index contributed by atoms with van der Waals surface area (Å²) in [4.78, 5) is 0. The lowest BCUT2D eigenvalue weighted by molar-refractivity contribution is 0.369. The van der Waals surface area contributed by atoms with Crippen LogP contribution in [-0.2, 0) is 0 Å². The molecule has 0 saturated heterocycles. The molecule has 98 valence electrons. The lowest BCUT2D eigenvalue weighted by Crippen LogP contribution is -2.20. The Morgan fingerprint density at radius 3 is 1.88 bits per heavy atom. The quantitative estimate of drug-likeness (QED) is 0.534. The zero-order valence-corrected chi connectivity index (χ0v) is 11.8. The molecule has 0 aromatic rings. The Kier molecular flexibility index (Phi) is 11.4. The van der Waals surface area contributed by atoms with E-state index in [1.807, 2.05) is 0 Å². The first-order valence-corrected chi connectivity index (χ1v) is 7.50. The van der Waals surface area contributed by atoms with Crippen LogP contribution in [0.3, 0.4) is 0 Å². The third kappa shape index (κ3) is 9.21. The molecular formula is C15H33N. The lowest BCUT2D eigenvalue weighted by Gasteiger charge is -2.18. The second-order valence-electron chi connectivity index (χ2n) is 5.28. The lowest BCUT2D eigenvalue weighted by atomic mass is 9.90. The van der Waals surface area contributed by atoms with Crippen LogP contribution in [0.1, 0.15) is 85.0 Å². The third-order valence-corrected chi connectivity index (χ3v) is 3.54. The van der Waals surface area contributed by atoms with Gasteiger partial charge in [-0.25, -0.2) is 0 Å². The van der Waals surface area contributed by atoms with Gasteiger partial charge in [-0.05, 0) is 25.2 Å². The molecule has 0 spiro atoms. The molecule has 2 atom stereocenters. The van der Waals surface area contributed by atoms with Gasteiger partial charge in [0.05, 0.1) is 0 Å². The molecule has 16 heavy (non-hydrogen) atoms. The van der Waals surface area contributed by atoms with Crippen molar-refractivity contribution in [2.75, 3.05) is 0 Å². The van der Waals surface area contributed by atoms with Crippen LogP contribution in [0.25, 0.3) is 0 Å². The fourth-order valence-electron chi connectivity index (χ4n) is 2.39. The second-order valence-corrected chi connectivity index (χ2v) is 5.28. The molecule has 1 nitrogen and oxygen atoms in total. The number of hydrogen-bond donors (Lipinski definition) is 1. The van der Waals surface area contributed by atoms with E-state index in [0.717, 1.165) is 5.92 Å². The minimum atomic E-state index is 0.459. The van der Waals surface area contributed by atoms with Crippen molar-refractivity contribution in [1.82, 2.24) is 0 Å². The summed E-state index contributed by atoms with van der Waals surface area (Å²) >= 11 is 0. The first kappa shape index (κ1) is 16.0. The Balaban J connectivity index is 3.63. The van der Waals surface area contributed by atoms with Crippen LogP contribution in [0.5, 0.6) is 0 Å². The summed E-state index contributed by atoms with van der Waals surface area (Å²) in [6.07, 6.45) is 13.3. The molecule has 0 aromatic carbocycles. The van der Waals surface area contributed by atoms with Crippen LogP contribution in [0.2, 0.25) is 0 Å². The zero-order chi connectivity index (χ0) is 12.2. The number of rotatable bonds is 11. The number of nitrogens with two attached hydrogens (primary N) is 1. The number of hydrogen-bond acceptors (Lipinski definition) is 1. The Morgan fingerprint density at radius 1 is 0.688 bits per heavy atom. The maximum atomic E-state index is 6.13. The van der Waals surface area contributed by atoms with E-state index in [1.165, 1.54) is 64.2 Å². The van der Waals surface area contributed by atoms with Gasteiger partial charge < -0.3 is 5.73 Å². The van der Waals surface area contributed by atoms with Crippen LogP contribution in [-0.4, -0.2) is 6.04 Å². The van der Waals surface area contributed by atoms with Gasteiger partial charge in [-0.2, -0.15) is 0 Å². The van der Waals surface area contributed by atoms with Crippen molar-refractivity contribution in [2.24, 2.45) is 11.7 Å². The Labute approximate surface area is 103 Å². The van der Waals surface area contributed by atoms with Crippen molar-refractivity contribution in [3.05, 3.63) is 0 Å². The molecule has 0 fully saturated rings. The van der Waals surface area contributed by atoms with Crippen LogP contribution < -0.4 is 5.73 Å². The summed E-state index contributed by atoms with van der Waals surface area (Å²) in [5.74, 6) is 0.942. The normalized spacial score (nSPS) is 15.0. The van der Waals surface area contributed by atoms with Crippen LogP contribution in [0, 0.1) is 5.92 Å². The van der Waals surface area contributed by atoms with Crippen LogP contribution >= 0.6 is 0 Å². The first-order valence-electron chi connectivity index (χ1n) is 7.50. The Bertz CT molecular complexity index is 133. The summed E-state index contributed by atoms with van der Waals surface area (Å²) < 4.78 is 0.